The number of ether oxygens (including phenoxy) is 2. The fourth-order valence-corrected chi connectivity index (χ4v) is 1.25. The third kappa shape index (κ3) is 5.65. The first-order valence-electron chi connectivity index (χ1n) is 5.96. The summed E-state index contributed by atoms with van der Waals surface area (Å²) in [7, 11) is 0. The Morgan fingerprint density at radius 1 is 1.33 bits per heavy atom. The van der Waals surface area contributed by atoms with Gasteiger partial charge in [0.1, 0.15) is 19.0 Å². The summed E-state index contributed by atoms with van der Waals surface area (Å²) in [6.07, 6.45) is 0.0442. The number of hydrogen-bond acceptors (Lipinski definition) is 4. The van der Waals surface area contributed by atoms with Gasteiger partial charge >= 0.3 is 0 Å². The van der Waals surface area contributed by atoms with Crippen LogP contribution in [0.2, 0.25) is 0 Å². The van der Waals surface area contributed by atoms with E-state index in [1.807, 2.05) is 13.8 Å². The number of carbonyl (C=O) groups is 1. The van der Waals surface area contributed by atoms with Crippen molar-refractivity contribution in [2.45, 2.75) is 20.0 Å². The molecule has 0 unspecified atom stereocenters. The predicted octanol–water partition coefficient (Wildman–Crippen LogP) is 1.39. The van der Waals surface area contributed by atoms with Crippen LogP contribution in [0.5, 0.6) is 5.75 Å². The van der Waals surface area contributed by atoms with Crippen LogP contribution in [0.25, 0.3) is 0 Å². The van der Waals surface area contributed by atoms with E-state index in [0.29, 0.717) is 18.8 Å². The molecule has 0 aromatic heterocycles. The molecule has 18 heavy (non-hydrogen) atoms. The van der Waals surface area contributed by atoms with Gasteiger partial charge in [-0.3, -0.25) is 4.79 Å². The number of anilines is 1. The van der Waals surface area contributed by atoms with E-state index in [1.54, 1.807) is 24.3 Å². The van der Waals surface area contributed by atoms with Crippen LogP contribution in [0, 0.1) is 0 Å². The maximum absolute atomic E-state index is 11.5. The molecule has 0 heterocycles. The quantitative estimate of drug-likeness (QED) is 0.769. The topological polar surface area (TPSA) is 73.6 Å². The van der Waals surface area contributed by atoms with Gasteiger partial charge in [-0.25, -0.2) is 0 Å². The lowest BCUT2D eigenvalue weighted by molar-refractivity contribution is -0.121. The van der Waals surface area contributed by atoms with E-state index in [1.165, 1.54) is 0 Å². The predicted molar refractivity (Wildman–Crippen MR) is 70.7 cm³/mol. The van der Waals surface area contributed by atoms with Gasteiger partial charge in [0.2, 0.25) is 5.91 Å². The van der Waals surface area contributed by atoms with Gasteiger partial charge in [-0.2, -0.15) is 0 Å². The van der Waals surface area contributed by atoms with E-state index >= 15 is 0 Å². The van der Waals surface area contributed by atoms with Crippen molar-refractivity contribution in [2.75, 3.05) is 25.1 Å². The van der Waals surface area contributed by atoms with Crippen LogP contribution in [-0.4, -0.2) is 31.8 Å². The van der Waals surface area contributed by atoms with E-state index in [-0.39, 0.29) is 18.6 Å². The molecule has 0 aliphatic rings. The Kier molecular flexibility index (Phi) is 6.18. The molecule has 0 bridgehead atoms. The molecule has 0 fully saturated rings. The Bertz CT molecular complexity index is 363. The zero-order valence-electron chi connectivity index (χ0n) is 10.8. The van der Waals surface area contributed by atoms with Crippen LogP contribution in [0.15, 0.2) is 24.3 Å². The van der Waals surface area contributed by atoms with Crippen LogP contribution in [0.1, 0.15) is 13.8 Å². The molecule has 0 saturated carbocycles. The lowest BCUT2D eigenvalue weighted by atomic mass is 10.3. The summed E-state index contributed by atoms with van der Waals surface area (Å²) in [6.45, 7) is 4.79. The van der Waals surface area contributed by atoms with E-state index in [4.69, 9.17) is 15.2 Å². The number of hydrogen-bond donors (Lipinski definition) is 2. The number of amides is 1. The highest BCUT2D eigenvalue weighted by atomic mass is 16.5. The molecule has 1 aromatic rings. The number of nitrogens with two attached hydrogens (primary N) is 1. The molecule has 0 spiro atoms. The highest BCUT2D eigenvalue weighted by Gasteiger charge is 2.04. The van der Waals surface area contributed by atoms with Gasteiger partial charge in [0.25, 0.3) is 0 Å². The second-order valence-electron chi connectivity index (χ2n) is 4.07. The molecule has 1 aromatic carbocycles. The van der Waals surface area contributed by atoms with Gasteiger partial charge < -0.3 is 20.5 Å². The zero-order valence-corrected chi connectivity index (χ0v) is 10.8. The van der Waals surface area contributed by atoms with Crippen molar-refractivity contribution in [3.8, 4) is 5.75 Å². The average Bonchev–Trinajstić information content (AvgIpc) is 2.35. The van der Waals surface area contributed by atoms with Crippen molar-refractivity contribution in [2.24, 2.45) is 5.73 Å². The summed E-state index contributed by atoms with van der Waals surface area (Å²) >= 11 is 0. The van der Waals surface area contributed by atoms with Crippen molar-refractivity contribution in [1.82, 2.24) is 0 Å². The van der Waals surface area contributed by atoms with Gasteiger partial charge in [-0.15, -0.1) is 0 Å². The summed E-state index contributed by atoms with van der Waals surface area (Å²) in [5.74, 6) is 0.566. The number of rotatable bonds is 7. The van der Waals surface area contributed by atoms with Crippen LogP contribution >= 0.6 is 0 Å². The van der Waals surface area contributed by atoms with Crippen LogP contribution in [0.4, 0.5) is 5.69 Å². The Balaban J connectivity index is 2.40. The summed E-state index contributed by atoms with van der Waals surface area (Å²) in [5, 5.41) is 2.74. The number of benzene rings is 1. The minimum Gasteiger partial charge on any atom is -0.492 e. The fourth-order valence-electron chi connectivity index (χ4n) is 1.25. The van der Waals surface area contributed by atoms with Crippen LogP contribution < -0.4 is 15.8 Å². The first-order chi connectivity index (χ1) is 8.61. The highest BCUT2D eigenvalue weighted by Crippen LogP contribution is 2.15. The van der Waals surface area contributed by atoms with Gasteiger partial charge in [-0.1, -0.05) is 0 Å². The largest absolute Gasteiger partial charge is 0.492 e. The molecular formula is C13H20N2O3. The normalized spacial score (nSPS) is 10.4. The van der Waals surface area contributed by atoms with Crippen molar-refractivity contribution in [3.05, 3.63) is 24.3 Å². The molecule has 1 rings (SSSR count). The van der Waals surface area contributed by atoms with Gasteiger partial charge in [0.05, 0.1) is 6.10 Å². The monoisotopic (exact) mass is 252 g/mol. The molecular weight excluding hydrogens is 232 g/mol. The van der Waals surface area contributed by atoms with Gasteiger partial charge in [0, 0.05) is 12.2 Å². The summed E-state index contributed by atoms with van der Waals surface area (Å²) in [4.78, 5) is 11.5. The van der Waals surface area contributed by atoms with Crippen molar-refractivity contribution in [3.63, 3.8) is 0 Å². The summed E-state index contributed by atoms with van der Waals surface area (Å²) in [6, 6.07) is 7.13. The Morgan fingerprint density at radius 3 is 2.56 bits per heavy atom. The molecule has 0 aliphatic carbocycles. The standard InChI is InChI=1S/C13H20N2O3/c1-10(2)18-9-13(16)15-11-3-5-12(6-4-11)17-8-7-14/h3-6,10H,7-9,14H2,1-2H3,(H,15,16). The van der Waals surface area contributed by atoms with Crippen LogP contribution in [-0.2, 0) is 9.53 Å². The highest BCUT2D eigenvalue weighted by molar-refractivity contribution is 5.91. The first-order valence-corrected chi connectivity index (χ1v) is 5.96. The Morgan fingerprint density at radius 2 is 2.00 bits per heavy atom. The van der Waals surface area contributed by atoms with Gasteiger partial charge in [0.15, 0.2) is 0 Å². The maximum Gasteiger partial charge on any atom is 0.250 e. The van der Waals surface area contributed by atoms with E-state index in [2.05, 4.69) is 5.32 Å². The second-order valence-corrected chi connectivity index (χ2v) is 4.07. The molecule has 5 nitrogen and oxygen atoms in total. The third-order valence-electron chi connectivity index (χ3n) is 2.07. The zero-order chi connectivity index (χ0) is 13.4. The fraction of sp³-hybridized carbons (Fsp3) is 0.462. The SMILES string of the molecule is CC(C)OCC(=O)Nc1ccc(OCCN)cc1. The average molecular weight is 252 g/mol. The van der Waals surface area contributed by atoms with E-state index < -0.39 is 0 Å². The van der Waals surface area contributed by atoms with Crippen molar-refractivity contribution >= 4 is 11.6 Å². The number of nitrogens with one attached hydrogen (secondary N) is 1. The minimum atomic E-state index is -0.167. The molecule has 5 heteroatoms. The van der Waals surface area contributed by atoms with Gasteiger partial charge in [-0.05, 0) is 38.1 Å². The first kappa shape index (κ1) is 14.5. The van der Waals surface area contributed by atoms with Crippen molar-refractivity contribution in [1.29, 1.82) is 0 Å². The Hall–Kier alpha value is -1.59. The summed E-state index contributed by atoms with van der Waals surface area (Å²) in [5.41, 5.74) is 6.05. The molecule has 1 amide bonds. The second kappa shape index (κ2) is 7.68. The maximum atomic E-state index is 11.5. The molecule has 0 aliphatic heterocycles. The lowest BCUT2D eigenvalue weighted by Gasteiger charge is -2.09. The van der Waals surface area contributed by atoms with E-state index in [0.717, 1.165) is 5.75 Å². The van der Waals surface area contributed by atoms with Crippen molar-refractivity contribution < 1.29 is 14.3 Å². The lowest BCUT2D eigenvalue weighted by Crippen LogP contribution is -2.20. The minimum absolute atomic E-state index is 0.0442. The summed E-state index contributed by atoms with van der Waals surface area (Å²) < 4.78 is 10.5. The molecule has 3 N–H and O–H groups in total. The smallest absolute Gasteiger partial charge is 0.250 e. The molecule has 100 valence electrons. The van der Waals surface area contributed by atoms with Crippen LogP contribution in [0.3, 0.4) is 0 Å². The Labute approximate surface area is 107 Å². The molecule has 0 radical (unpaired) electrons. The number of carbonyl (C=O) groups excluding carboxylic acids is 1. The van der Waals surface area contributed by atoms with E-state index in [9.17, 15) is 4.79 Å². The molecule has 0 atom stereocenters. The molecule has 0 saturated heterocycles. The third-order valence-corrected chi connectivity index (χ3v) is 2.07.